The van der Waals surface area contributed by atoms with Gasteiger partial charge < -0.3 is 14.8 Å². The Hall–Kier alpha value is -1.48. The van der Waals surface area contributed by atoms with E-state index in [1.54, 1.807) is 7.11 Å². The van der Waals surface area contributed by atoms with Crippen molar-refractivity contribution >= 4 is 0 Å². The summed E-state index contributed by atoms with van der Waals surface area (Å²) in [6.07, 6.45) is 2.66. The Labute approximate surface area is 103 Å². The number of benzene rings is 1. The molecule has 0 aliphatic rings. The third-order valence-electron chi connectivity index (χ3n) is 2.45. The molecule has 3 heteroatoms. The Morgan fingerprint density at radius 2 is 2.18 bits per heavy atom. The van der Waals surface area contributed by atoms with Gasteiger partial charge in [-0.2, -0.15) is 0 Å². The van der Waals surface area contributed by atoms with E-state index in [4.69, 9.17) is 9.47 Å². The second kappa shape index (κ2) is 6.97. The van der Waals surface area contributed by atoms with E-state index in [1.165, 1.54) is 5.56 Å². The van der Waals surface area contributed by atoms with E-state index in [0.717, 1.165) is 30.0 Å². The van der Waals surface area contributed by atoms with Crippen LogP contribution in [0.4, 0.5) is 0 Å². The van der Waals surface area contributed by atoms with Crippen molar-refractivity contribution in [2.24, 2.45) is 0 Å². The molecule has 0 unspecified atom stereocenters. The van der Waals surface area contributed by atoms with Gasteiger partial charge in [0.1, 0.15) is 0 Å². The van der Waals surface area contributed by atoms with Crippen LogP contribution in [0, 0.1) is 0 Å². The van der Waals surface area contributed by atoms with Crippen molar-refractivity contribution in [2.75, 3.05) is 20.8 Å². The Morgan fingerprint density at radius 3 is 2.71 bits per heavy atom. The first-order valence-corrected chi connectivity index (χ1v) is 5.84. The molecule has 0 saturated carbocycles. The minimum atomic E-state index is 0.631. The second-order valence-corrected chi connectivity index (χ2v) is 3.74. The monoisotopic (exact) mass is 235 g/mol. The van der Waals surface area contributed by atoms with Gasteiger partial charge in [0.15, 0.2) is 11.5 Å². The Balaban J connectivity index is 3.18. The number of methoxy groups -OCH3 is 1. The van der Waals surface area contributed by atoms with E-state index in [2.05, 4.69) is 18.0 Å². The lowest BCUT2D eigenvalue weighted by atomic mass is 10.1. The highest BCUT2D eigenvalue weighted by molar-refractivity contribution is 5.50. The van der Waals surface area contributed by atoms with Gasteiger partial charge in [0.25, 0.3) is 0 Å². The van der Waals surface area contributed by atoms with Crippen LogP contribution in [0.15, 0.2) is 24.8 Å². The van der Waals surface area contributed by atoms with Crippen LogP contribution in [-0.4, -0.2) is 20.8 Å². The zero-order chi connectivity index (χ0) is 12.7. The molecule has 1 N–H and O–H groups in total. The van der Waals surface area contributed by atoms with Gasteiger partial charge in [-0.05, 0) is 32.0 Å². The third-order valence-corrected chi connectivity index (χ3v) is 2.45. The maximum atomic E-state index is 5.65. The van der Waals surface area contributed by atoms with Crippen LogP contribution < -0.4 is 14.8 Å². The first-order valence-electron chi connectivity index (χ1n) is 5.84. The Kier molecular flexibility index (Phi) is 5.57. The molecule has 0 fully saturated rings. The number of ether oxygens (including phenoxy) is 2. The lowest BCUT2D eigenvalue weighted by Gasteiger charge is -2.15. The minimum Gasteiger partial charge on any atom is -0.493 e. The summed E-state index contributed by atoms with van der Waals surface area (Å²) in [7, 11) is 3.59. The van der Waals surface area contributed by atoms with E-state index in [0.29, 0.717) is 6.61 Å². The first kappa shape index (κ1) is 13.6. The molecule has 0 radical (unpaired) electrons. The SMILES string of the molecule is C=CCc1cc(CNC)cc(OC)c1OCC. The van der Waals surface area contributed by atoms with Crippen LogP contribution >= 0.6 is 0 Å². The molecule has 3 nitrogen and oxygen atoms in total. The van der Waals surface area contributed by atoms with Crippen LogP contribution in [0.2, 0.25) is 0 Å². The second-order valence-electron chi connectivity index (χ2n) is 3.74. The van der Waals surface area contributed by atoms with E-state index >= 15 is 0 Å². The molecule has 0 atom stereocenters. The quantitative estimate of drug-likeness (QED) is 0.737. The summed E-state index contributed by atoms with van der Waals surface area (Å²) in [5, 5.41) is 3.13. The molecule has 94 valence electrons. The highest BCUT2D eigenvalue weighted by Gasteiger charge is 2.11. The molecule has 0 aliphatic heterocycles. The van der Waals surface area contributed by atoms with Crippen LogP contribution in [0.25, 0.3) is 0 Å². The zero-order valence-electron chi connectivity index (χ0n) is 10.9. The molecule has 1 rings (SSSR count). The Morgan fingerprint density at radius 1 is 1.41 bits per heavy atom. The van der Waals surface area contributed by atoms with Gasteiger partial charge in [0.05, 0.1) is 13.7 Å². The van der Waals surface area contributed by atoms with Crippen LogP contribution in [0.5, 0.6) is 11.5 Å². The number of hydrogen-bond acceptors (Lipinski definition) is 3. The van der Waals surface area contributed by atoms with E-state index in [1.807, 2.05) is 26.1 Å². The summed E-state index contributed by atoms with van der Waals surface area (Å²) < 4.78 is 11.0. The largest absolute Gasteiger partial charge is 0.493 e. The van der Waals surface area contributed by atoms with Crippen LogP contribution in [0.1, 0.15) is 18.1 Å². The van der Waals surface area contributed by atoms with Gasteiger partial charge in [-0.1, -0.05) is 12.1 Å². The average molecular weight is 235 g/mol. The highest BCUT2D eigenvalue weighted by Crippen LogP contribution is 2.33. The van der Waals surface area contributed by atoms with Crippen molar-refractivity contribution in [2.45, 2.75) is 19.9 Å². The van der Waals surface area contributed by atoms with Gasteiger partial charge >= 0.3 is 0 Å². The maximum absolute atomic E-state index is 5.65. The van der Waals surface area contributed by atoms with Gasteiger partial charge in [-0.15, -0.1) is 6.58 Å². The lowest BCUT2D eigenvalue weighted by Crippen LogP contribution is -2.07. The van der Waals surface area contributed by atoms with Crippen molar-refractivity contribution in [3.63, 3.8) is 0 Å². The number of allylic oxidation sites excluding steroid dienone is 1. The van der Waals surface area contributed by atoms with E-state index in [-0.39, 0.29) is 0 Å². The Bertz CT molecular complexity index is 375. The molecule has 0 spiro atoms. The summed E-state index contributed by atoms with van der Waals surface area (Å²) in [5.74, 6) is 1.62. The lowest BCUT2D eigenvalue weighted by molar-refractivity contribution is 0.308. The molecule has 0 heterocycles. The molecular weight excluding hydrogens is 214 g/mol. The molecule has 17 heavy (non-hydrogen) atoms. The summed E-state index contributed by atoms with van der Waals surface area (Å²) in [4.78, 5) is 0. The molecule has 1 aromatic carbocycles. The standard InChI is InChI=1S/C14H21NO2/c1-5-7-12-8-11(10-15-3)9-13(16-4)14(12)17-6-2/h5,8-9,15H,1,6-7,10H2,2-4H3. The first-order chi connectivity index (χ1) is 8.26. The summed E-state index contributed by atoms with van der Waals surface area (Å²) in [5.41, 5.74) is 2.30. The highest BCUT2D eigenvalue weighted by atomic mass is 16.5. The number of hydrogen-bond donors (Lipinski definition) is 1. The fraction of sp³-hybridized carbons (Fsp3) is 0.429. The van der Waals surface area contributed by atoms with Gasteiger partial charge in [0, 0.05) is 12.1 Å². The van der Waals surface area contributed by atoms with Crippen LogP contribution in [-0.2, 0) is 13.0 Å². The normalized spacial score (nSPS) is 10.1. The van der Waals surface area contributed by atoms with Gasteiger partial charge in [-0.25, -0.2) is 0 Å². The molecule has 1 aromatic rings. The molecule has 0 saturated heterocycles. The van der Waals surface area contributed by atoms with Crippen molar-refractivity contribution in [3.8, 4) is 11.5 Å². The van der Waals surface area contributed by atoms with E-state index in [9.17, 15) is 0 Å². The third kappa shape index (κ3) is 3.49. The van der Waals surface area contributed by atoms with E-state index < -0.39 is 0 Å². The van der Waals surface area contributed by atoms with Crippen molar-refractivity contribution in [1.29, 1.82) is 0 Å². The number of rotatable bonds is 7. The van der Waals surface area contributed by atoms with Crippen LogP contribution in [0.3, 0.4) is 0 Å². The van der Waals surface area contributed by atoms with Crippen molar-refractivity contribution in [1.82, 2.24) is 5.32 Å². The fourth-order valence-corrected chi connectivity index (χ4v) is 1.80. The fourth-order valence-electron chi connectivity index (χ4n) is 1.80. The van der Waals surface area contributed by atoms with Gasteiger partial charge in [0.2, 0.25) is 0 Å². The summed E-state index contributed by atoms with van der Waals surface area (Å²) in [6.45, 7) is 7.19. The minimum absolute atomic E-state index is 0.631. The van der Waals surface area contributed by atoms with Crippen molar-refractivity contribution in [3.05, 3.63) is 35.9 Å². The van der Waals surface area contributed by atoms with Crippen molar-refractivity contribution < 1.29 is 9.47 Å². The summed E-state index contributed by atoms with van der Waals surface area (Å²) >= 11 is 0. The molecule has 0 bridgehead atoms. The predicted octanol–water partition coefficient (Wildman–Crippen LogP) is 2.54. The zero-order valence-corrected chi connectivity index (χ0v) is 10.9. The molecule has 0 aliphatic carbocycles. The summed E-state index contributed by atoms with van der Waals surface area (Å²) in [6, 6.07) is 4.14. The molecular formula is C14H21NO2. The predicted molar refractivity (Wildman–Crippen MR) is 70.8 cm³/mol. The van der Waals surface area contributed by atoms with Gasteiger partial charge in [-0.3, -0.25) is 0 Å². The molecule has 0 aromatic heterocycles. The average Bonchev–Trinajstić information content (AvgIpc) is 2.33. The maximum Gasteiger partial charge on any atom is 0.164 e. The number of nitrogens with one attached hydrogen (secondary N) is 1. The smallest absolute Gasteiger partial charge is 0.164 e. The molecule has 0 amide bonds. The topological polar surface area (TPSA) is 30.5 Å².